The van der Waals surface area contributed by atoms with Gasteiger partial charge in [0, 0.05) is 32.1 Å². The van der Waals surface area contributed by atoms with E-state index in [0.717, 1.165) is 6.08 Å². The Morgan fingerprint density at radius 1 is 0.810 bits per heavy atom. The van der Waals surface area contributed by atoms with E-state index in [1.807, 2.05) is 0 Å². The van der Waals surface area contributed by atoms with Gasteiger partial charge in [0.15, 0.2) is 0 Å². The Bertz CT molecular complexity index is 268. The molecule has 0 aliphatic heterocycles. The first-order valence-electron chi connectivity index (χ1n) is 6.89. The fourth-order valence-electron chi connectivity index (χ4n) is 1.23. The summed E-state index contributed by atoms with van der Waals surface area (Å²) in [5.74, 6) is -0.420. The van der Waals surface area contributed by atoms with Gasteiger partial charge in [-0.15, -0.1) is 0 Å². The van der Waals surface area contributed by atoms with Crippen molar-refractivity contribution in [3.05, 3.63) is 12.7 Å². The largest absolute Gasteiger partial charge is 0.468 e. The molecule has 122 valence electrons. The summed E-state index contributed by atoms with van der Waals surface area (Å²) in [4.78, 5) is 20.6. The molecule has 0 aromatic rings. The molecule has 21 heavy (non-hydrogen) atoms. The quantitative estimate of drug-likeness (QED) is 0.180. The molecule has 0 radical (unpaired) electrons. The number of ether oxygens (including phenoxy) is 5. The van der Waals surface area contributed by atoms with Gasteiger partial charge in [-0.1, -0.05) is 6.58 Å². The van der Waals surface area contributed by atoms with Crippen molar-refractivity contribution in [3.63, 3.8) is 0 Å². The molecular formula is C14H24O7. The first-order chi connectivity index (χ1) is 10.3. The van der Waals surface area contributed by atoms with Crippen LogP contribution in [0.15, 0.2) is 12.7 Å². The molecule has 0 rings (SSSR count). The van der Waals surface area contributed by atoms with Crippen LogP contribution in [0.2, 0.25) is 0 Å². The number of carbonyl (C=O) groups excluding carboxylic acids is 2. The van der Waals surface area contributed by atoms with Gasteiger partial charge in [0.1, 0.15) is 0 Å². The van der Waals surface area contributed by atoms with Crippen molar-refractivity contribution in [1.29, 1.82) is 0 Å². The second kappa shape index (κ2) is 16.6. The summed E-state index contributed by atoms with van der Waals surface area (Å²) in [6.45, 7) is 7.45. The number of carbonyl (C=O) groups is 2. The van der Waals surface area contributed by atoms with Crippen LogP contribution in [0.4, 0.5) is 0 Å². The van der Waals surface area contributed by atoms with E-state index in [0.29, 0.717) is 72.2 Å². The van der Waals surface area contributed by atoms with Crippen LogP contribution in [0.5, 0.6) is 0 Å². The Morgan fingerprint density at radius 2 is 1.33 bits per heavy atom. The van der Waals surface area contributed by atoms with Gasteiger partial charge in [-0.25, -0.2) is 4.79 Å². The van der Waals surface area contributed by atoms with Crippen LogP contribution in [0.25, 0.3) is 0 Å². The van der Waals surface area contributed by atoms with Gasteiger partial charge < -0.3 is 23.7 Å². The predicted molar refractivity (Wildman–Crippen MR) is 74.9 cm³/mol. The highest BCUT2D eigenvalue weighted by molar-refractivity contribution is 5.81. The van der Waals surface area contributed by atoms with E-state index in [1.165, 1.54) is 0 Å². The van der Waals surface area contributed by atoms with Crippen molar-refractivity contribution in [1.82, 2.24) is 0 Å². The summed E-state index contributed by atoms with van der Waals surface area (Å²) < 4.78 is 25.1. The summed E-state index contributed by atoms with van der Waals surface area (Å²) in [6, 6.07) is 0. The maximum absolute atomic E-state index is 10.7. The fraction of sp³-hybridized carbons (Fsp3) is 0.714. The summed E-state index contributed by atoms with van der Waals surface area (Å²) in [6.07, 6.45) is 2.45. The second-order valence-electron chi connectivity index (χ2n) is 3.88. The van der Waals surface area contributed by atoms with E-state index in [9.17, 15) is 9.59 Å². The molecule has 7 nitrogen and oxygen atoms in total. The van der Waals surface area contributed by atoms with Crippen LogP contribution in [0.1, 0.15) is 12.8 Å². The molecule has 0 aliphatic rings. The Kier molecular flexibility index (Phi) is 15.5. The summed E-state index contributed by atoms with van der Waals surface area (Å²) >= 11 is 0. The molecule has 0 atom stereocenters. The zero-order valence-electron chi connectivity index (χ0n) is 12.3. The molecule has 0 unspecified atom stereocenters. The van der Waals surface area contributed by atoms with E-state index >= 15 is 0 Å². The molecule has 0 aromatic carbocycles. The molecule has 0 aromatic heterocycles. The average molecular weight is 304 g/mol. The molecule has 0 bridgehead atoms. The molecule has 0 fully saturated rings. The van der Waals surface area contributed by atoms with E-state index in [-0.39, 0.29) is 0 Å². The van der Waals surface area contributed by atoms with E-state index in [4.69, 9.17) is 18.9 Å². The molecule has 0 aliphatic carbocycles. The SMILES string of the molecule is C=CC(=O)OCCCOCCOCCOCCCOC=O. The Morgan fingerprint density at radius 3 is 1.86 bits per heavy atom. The highest BCUT2D eigenvalue weighted by Crippen LogP contribution is 1.88. The number of rotatable bonds is 16. The third kappa shape index (κ3) is 16.5. The van der Waals surface area contributed by atoms with Crippen molar-refractivity contribution in [2.45, 2.75) is 12.8 Å². The molecule has 0 saturated carbocycles. The highest BCUT2D eigenvalue weighted by Gasteiger charge is 1.95. The van der Waals surface area contributed by atoms with Gasteiger partial charge in [-0.2, -0.15) is 0 Å². The zero-order chi connectivity index (χ0) is 15.6. The summed E-state index contributed by atoms with van der Waals surface area (Å²) in [5.41, 5.74) is 0. The Hall–Kier alpha value is -1.44. The molecule has 0 heterocycles. The predicted octanol–water partition coefficient (Wildman–Crippen LogP) is 0.719. The van der Waals surface area contributed by atoms with E-state index in [2.05, 4.69) is 11.3 Å². The highest BCUT2D eigenvalue weighted by atomic mass is 16.5. The Balaban J connectivity index is 3.01. The molecular weight excluding hydrogens is 280 g/mol. The average Bonchev–Trinajstić information content (AvgIpc) is 2.50. The maximum atomic E-state index is 10.7. The van der Waals surface area contributed by atoms with Crippen LogP contribution in [-0.2, 0) is 33.3 Å². The topological polar surface area (TPSA) is 80.3 Å². The number of hydrogen-bond acceptors (Lipinski definition) is 7. The number of esters is 1. The fourth-order valence-corrected chi connectivity index (χ4v) is 1.23. The van der Waals surface area contributed by atoms with Gasteiger partial charge in [0.25, 0.3) is 6.47 Å². The minimum absolute atomic E-state index is 0.327. The van der Waals surface area contributed by atoms with Crippen molar-refractivity contribution >= 4 is 12.4 Å². The maximum Gasteiger partial charge on any atom is 0.330 e. The van der Waals surface area contributed by atoms with Crippen LogP contribution in [0, 0.1) is 0 Å². The first-order valence-corrected chi connectivity index (χ1v) is 6.89. The summed E-state index contributed by atoms with van der Waals surface area (Å²) in [7, 11) is 0. The van der Waals surface area contributed by atoms with Gasteiger partial charge in [-0.05, 0) is 0 Å². The van der Waals surface area contributed by atoms with Crippen molar-refractivity contribution in [2.75, 3.05) is 52.9 Å². The minimum Gasteiger partial charge on any atom is -0.468 e. The normalized spacial score (nSPS) is 10.1. The van der Waals surface area contributed by atoms with E-state index < -0.39 is 5.97 Å². The van der Waals surface area contributed by atoms with Crippen molar-refractivity contribution in [2.24, 2.45) is 0 Å². The molecule has 7 heteroatoms. The molecule has 0 saturated heterocycles. The van der Waals surface area contributed by atoms with Crippen molar-refractivity contribution < 1.29 is 33.3 Å². The van der Waals surface area contributed by atoms with Gasteiger partial charge >= 0.3 is 5.97 Å². The molecule has 0 amide bonds. The third-order valence-corrected chi connectivity index (χ3v) is 2.21. The van der Waals surface area contributed by atoms with Crippen LogP contribution >= 0.6 is 0 Å². The van der Waals surface area contributed by atoms with Gasteiger partial charge in [-0.3, -0.25) is 4.79 Å². The first kappa shape index (κ1) is 19.6. The summed E-state index contributed by atoms with van der Waals surface area (Å²) in [5, 5.41) is 0. The van der Waals surface area contributed by atoms with Crippen LogP contribution < -0.4 is 0 Å². The lowest BCUT2D eigenvalue weighted by molar-refractivity contribution is -0.138. The second-order valence-corrected chi connectivity index (χ2v) is 3.88. The van der Waals surface area contributed by atoms with Gasteiger partial charge in [0.05, 0.1) is 39.6 Å². The standard InChI is InChI=1S/C14H24O7/c1-2-14(16)21-8-4-6-18-10-12-19-11-9-17-5-3-7-20-13-15/h2,13H,1,3-12H2. The lowest BCUT2D eigenvalue weighted by Gasteiger charge is -2.07. The zero-order valence-corrected chi connectivity index (χ0v) is 12.3. The minimum atomic E-state index is -0.420. The van der Waals surface area contributed by atoms with Crippen LogP contribution in [-0.4, -0.2) is 65.3 Å². The van der Waals surface area contributed by atoms with Gasteiger partial charge in [0.2, 0.25) is 0 Å². The molecule has 0 spiro atoms. The van der Waals surface area contributed by atoms with E-state index in [1.54, 1.807) is 0 Å². The lowest BCUT2D eigenvalue weighted by atomic mass is 10.5. The third-order valence-electron chi connectivity index (χ3n) is 2.21. The van der Waals surface area contributed by atoms with Crippen molar-refractivity contribution in [3.8, 4) is 0 Å². The van der Waals surface area contributed by atoms with Crippen LogP contribution in [0.3, 0.4) is 0 Å². The smallest absolute Gasteiger partial charge is 0.330 e. The Labute approximate surface area is 125 Å². The monoisotopic (exact) mass is 304 g/mol. The lowest BCUT2D eigenvalue weighted by Crippen LogP contribution is -2.11. The number of hydrogen-bond donors (Lipinski definition) is 0. The molecule has 0 N–H and O–H groups in total.